The summed E-state index contributed by atoms with van der Waals surface area (Å²) >= 11 is 1.35. The Hall–Kier alpha value is -0.900. The van der Waals surface area contributed by atoms with Crippen molar-refractivity contribution < 1.29 is 9.18 Å². The predicted molar refractivity (Wildman–Crippen MR) is 51.8 cm³/mol. The van der Waals surface area contributed by atoms with Gasteiger partial charge < -0.3 is 5.32 Å². The fourth-order valence-electron chi connectivity index (χ4n) is 0.810. The number of rotatable bonds is 3. The summed E-state index contributed by atoms with van der Waals surface area (Å²) in [4.78, 5) is 12.0. The summed E-state index contributed by atoms with van der Waals surface area (Å²) in [7, 11) is 0. The van der Waals surface area contributed by atoms with E-state index in [2.05, 4.69) is 5.32 Å². The van der Waals surface area contributed by atoms with E-state index in [9.17, 15) is 9.18 Å². The molecule has 0 aliphatic heterocycles. The van der Waals surface area contributed by atoms with E-state index in [1.807, 2.05) is 5.38 Å². The topological polar surface area (TPSA) is 29.1 Å². The second-order valence-corrected chi connectivity index (χ2v) is 4.40. The van der Waals surface area contributed by atoms with Crippen LogP contribution in [0.1, 0.15) is 23.5 Å². The Kier molecular flexibility index (Phi) is 3.03. The van der Waals surface area contributed by atoms with Crippen molar-refractivity contribution >= 4 is 17.2 Å². The van der Waals surface area contributed by atoms with E-state index >= 15 is 0 Å². The molecule has 0 radical (unpaired) electrons. The third-order valence-corrected chi connectivity index (χ3v) is 2.40. The van der Waals surface area contributed by atoms with E-state index in [1.54, 1.807) is 26.0 Å². The van der Waals surface area contributed by atoms with Gasteiger partial charge in [-0.15, -0.1) is 11.3 Å². The monoisotopic (exact) mass is 201 g/mol. The van der Waals surface area contributed by atoms with Gasteiger partial charge in [0.2, 0.25) is 0 Å². The van der Waals surface area contributed by atoms with Gasteiger partial charge in [0.15, 0.2) is 0 Å². The van der Waals surface area contributed by atoms with E-state index in [4.69, 9.17) is 0 Å². The molecule has 0 unspecified atom stereocenters. The van der Waals surface area contributed by atoms with Gasteiger partial charge in [-0.2, -0.15) is 0 Å². The number of thiophene rings is 1. The van der Waals surface area contributed by atoms with E-state index < -0.39 is 12.2 Å². The summed E-state index contributed by atoms with van der Waals surface area (Å²) in [5.74, 6) is -0.211. The molecular weight excluding hydrogens is 189 g/mol. The molecule has 1 aromatic heterocycles. The zero-order chi connectivity index (χ0) is 9.90. The fraction of sp³-hybridized carbons (Fsp3) is 0.444. The molecule has 1 heterocycles. The summed E-state index contributed by atoms with van der Waals surface area (Å²) in [6.45, 7) is 2.74. The average Bonchev–Trinajstić information content (AvgIpc) is 2.55. The third-order valence-electron chi connectivity index (χ3n) is 1.53. The van der Waals surface area contributed by atoms with Crippen molar-refractivity contribution in [3.05, 3.63) is 22.4 Å². The highest BCUT2D eigenvalue weighted by Crippen LogP contribution is 2.11. The SMILES string of the molecule is CC(C)(CF)NC(=O)c1cccs1. The van der Waals surface area contributed by atoms with E-state index in [0.717, 1.165) is 0 Å². The molecule has 13 heavy (non-hydrogen) atoms. The number of carbonyl (C=O) groups excluding carboxylic acids is 1. The molecule has 1 N–H and O–H groups in total. The van der Waals surface area contributed by atoms with Gasteiger partial charge in [0, 0.05) is 0 Å². The van der Waals surface area contributed by atoms with Gasteiger partial charge in [-0.3, -0.25) is 4.79 Å². The first-order chi connectivity index (χ1) is 6.05. The molecule has 1 amide bonds. The van der Waals surface area contributed by atoms with Crippen molar-refractivity contribution in [2.75, 3.05) is 6.67 Å². The van der Waals surface area contributed by atoms with E-state index in [-0.39, 0.29) is 5.91 Å². The van der Waals surface area contributed by atoms with E-state index in [1.165, 1.54) is 11.3 Å². The maximum atomic E-state index is 12.4. The lowest BCUT2D eigenvalue weighted by molar-refractivity contribution is 0.0904. The van der Waals surface area contributed by atoms with Gasteiger partial charge in [0.25, 0.3) is 5.91 Å². The van der Waals surface area contributed by atoms with Crippen molar-refractivity contribution in [1.29, 1.82) is 0 Å². The minimum absolute atomic E-state index is 0.211. The van der Waals surface area contributed by atoms with Crippen LogP contribution in [0.4, 0.5) is 4.39 Å². The highest BCUT2D eigenvalue weighted by atomic mass is 32.1. The van der Waals surface area contributed by atoms with Crippen LogP contribution in [0.15, 0.2) is 17.5 Å². The van der Waals surface area contributed by atoms with Crippen LogP contribution in [0.25, 0.3) is 0 Å². The Balaban J connectivity index is 2.61. The quantitative estimate of drug-likeness (QED) is 0.798. The number of halogens is 1. The van der Waals surface area contributed by atoms with Crippen molar-refractivity contribution in [2.45, 2.75) is 19.4 Å². The number of carbonyl (C=O) groups is 1. The molecule has 1 aromatic rings. The number of nitrogens with one attached hydrogen (secondary N) is 1. The average molecular weight is 201 g/mol. The normalized spacial score (nSPS) is 11.3. The molecule has 0 bridgehead atoms. The molecule has 0 aliphatic carbocycles. The van der Waals surface area contributed by atoms with Gasteiger partial charge in [-0.05, 0) is 25.3 Å². The molecule has 0 atom stereocenters. The van der Waals surface area contributed by atoms with Crippen LogP contribution in [-0.4, -0.2) is 18.1 Å². The second kappa shape index (κ2) is 3.87. The maximum Gasteiger partial charge on any atom is 0.261 e. The van der Waals surface area contributed by atoms with Crippen LogP contribution in [0.5, 0.6) is 0 Å². The van der Waals surface area contributed by atoms with E-state index in [0.29, 0.717) is 4.88 Å². The molecule has 0 saturated carbocycles. The summed E-state index contributed by atoms with van der Waals surface area (Å²) in [5, 5.41) is 4.42. The third kappa shape index (κ3) is 2.81. The van der Waals surface area contributed by atoms with Crippen LogP contribution in [0, 0.1) is 0 Å². The fourth-order valence-corrected chi connectivity index (χ4v) is 1.43. The summed E-state index contributed by atoms with van der Waals surface area (Å²) in [5.41, 5.74) is -0.777. The van der Waals surface area contributed by atoms with Gasteiger partial charge in [0.05, 0.1) is 10.4 Å². The first-order valence-electron chi connectivity index (χ1n) is 3.97. The molecule has 0 aliphatic rings. The molecule has 1 rings (SSSR count). The van der Waals surface area contributed by atoms with Crippen LogP contribution in [0.2, 0.25) is 0 Å². The van der Waals surface area contributed by atoms with Crippen LogP contribution in [-0.2, 0) is 0 Å². The molecular formula is C9H12FNOS. The highest BCUT2D eigenvalue weighted by Gasteiger charge is 2.20. The van der Waals surface area contributed by atoms with Crippen LogP contribution in [0.3, 0.4) is 0 Å². The number of amides is 1. The Labute approximate surface area is 80.8 Å². The number of hydrogen-bond donors (Lipinski definition) is 1. The molecule has 0 fully saturated rings. The molecule has 4 heteroatoms. The maximum absolute atomic E-state index is 12.4. The van der Waals surface area contributed by atoms with Gasteiger partial charge in [-0.25, -0.2) is 4.39 Å². The first kappa shape index (κ1) is 10.2. The molecule has 0 aromatic carbocycles. The lowest BCUT2D eigenvalue weighted by atomic mass is 10.1. The number of hydrogen-bond acceptors (Lipinski definition) is 2. The molecule has 2 nitrogen and oxygen atoms in total. The lowest BCUT2D eigenvalue weighted by Gasteiger charge is -2.21. The largest absolute Gasteiger partial charge is 0.344 e. The van der Waals surface area contributed by atoms with Crippen LogP contribution < -0.4 is 5.32 Å². The smallest absolute Gasteiger partial charge is 0.261 e. The Bertz CT molecular complexity index is 282. The zero-order valence-electron chi connectivity index (χ0n) is 7.63. The Morgan fingerprint density at radius 2 is 2.38 bits per heavy atom. The van der Waals surface area contributed by atoms with Gasteiger partial charge in [-0.1, -0.05) is 6.07 Å². The van der Waals surface area contributed by atoms with Gasteiger partial charge in [0.1, 0.15) is 6.67 Å². The van der Waals surface area contributed by atoms with Crippen molar-refractivity contribution in [1.82, 2.24) is 5.32 Å². The standard InChI is InChI=1S/C9H12FNOS/c1-9(2,6-10)11-8(12)7-4-3-5-13-7/h3-5H,6H2,1-2H3,(H,11,12). The second-order valence-electron chi connectivity index (χ2n) is 3.45. The Morgan fingerprint density at radius 1 is 1.69 bits per heavy atom. The van der Waals surface area contributed by atoms with Crippen LogP contribution >= 0.6 is 11.3 Å². The summed E-state index contributed by atoms with van der Waals surface area (Å²) < 4.78 is 12.4. The summed E-state index contributed by atoms with van der Waals surface area (Å²) in [6, 6.07) is 3.51. The van der Waals surface area contributed by atoms with Crippen molar-refractivity contribution in [3.63, 3.8) is 0 Å². The highest BCUT2D eigenvalue weighted by molar-refractivity contribution is 7.12. The van der Waals surface area contributed by atoms with Crippen molar-refractivity contribution in [2.24, 2.45) is 0 Å². The minimum Gasteiger partial charge on any atom is -0.344 e. The minimum atomic E-state index is -0.777. The Morgan fingerprint density at radius 3 is 2.85 bits per heavy atom. The predicted octanol–water partition coefficient (Wildman–Crippen LogP) is 2.23. The lowest BCUT2D eigenvalue weighted by Crippen LogP contribution is -2.44. The molecule has 0 saturated heterocycles. The molecule has 0 spiro atoms. The van der Waals surface area contributed by atoms with Crippen molar-refractivity contribution in [3.8, 4) is 0 Å². The molecule has 72 valence electrons. The zero-order valence-corrected chi connectivity index (χ0v) is 8.45. The first-order valence-corrected chi connectivity index (χ1v) is 4.85. The van der Waals surface area contributed by atoms with Gasteiger partial charge >= 0.3 is 0 Å². The summed E-state index contributed by atoms with van der Waals surface area (Å²) in [6.07, 6.45) is 0. The number of alkyl halides is 1.